The highest BCUT2D eigenvalue weighted by atomic mass is 32.1. The third kappa shape index (κ3) is 5.57. The Morgan fingerprint density at radius 2 is 2.00 bits per heavy atom. The van der Waals surface area contributed by atoms with Gasteiger partial charge in [-0.15, -0.1) is 11.3 Å². The maximum atomic E-state index is 5.25. The topological polar surface area (TPSA) is 37.4 Å². The van der Waals surface area contributed by atoms with Crippen LogP contribution in [0, 0.1) is 0 Å². The van der Waals surface area contributed by atoms with Gasteiger partial charge in [0.1, 0.15) is 5.01 Å². The van der Waals surface area contributed by atoms with Crippen LogP contribution >= 0.6 is 11.3 Å². The molecule has 0 aliphatic carbocycles. The molecule has 0 radical (unpaired) electrons. The van der Waals surface area contributed by atoms with Gasteiger partial charge in [0.25, 0.3) is 0 Å². The van der Waals surface area contributed by atoms with Crippen molar-refractivity contribution in [2.75, 3.05) is 26.7 Å². The van der Waals surface area contributed by atoms with E-state index in [0.29, 0.717) is 6.61 Å². The van der Waals surface area contributed by atoms with E-state index >= 15 is 0 Å². The summed E-state index contributed by atoms with van der Waals surface area (Å²) in [5, 5.41) is 4.64. The molecule has 1 aromatic rings. The first kappa shape index (κ1) is 16.6. The fourth-order valence-corrected chi connectivity index (χ4v) is 2.99. The Bertz CT molecular complexity index is 350. The van der Waals surface area contributed by atoms with Crippen LogP contribution in [0.3, 0.4) is 0 Å². The van der Waals surface area contributed by atoms with Gasteiger partial charge in [-0.05, 0) is 26.1 Å². The highest BCUT2D eigenvalue weighted by molar-refractivity contribution is 7.11. The van der Waals surface area contributed by atoms with Crippen molar-refractivity contribution in [2.24, 2.45) is 0 Å². The molecule has 0 aliphatic rings. The Labute approximate surface area is 121 Å². The molecule has 0 aromatic carbocycles. The molecule has 0 saturated carbocycles. The molecule has 0 amide bonds. The zero-order valence-corrected chi connectivity index (χ0v) is 13.5. The van der Waals surface area contributed by atoms with Crippen LogP contribution in [-0.2, 0) is 24.4 Å². The van der Waals surface area contributed by atoms with Crippen LogP contribution in [0.4, 0.5) is 0 Å². The second-order valence-corrected chi connectivity index (χ2v) is 5.72. The van der Waals surface area contributed by atoms with Crippen molar-refractivity contribution in [3.63, 3.8) is 0 Å². The van der Waals surface area contributed by atoms with Crippen LogP contribution < -0.4 is 5.32 Å². The molecule has 1 rings (SSSR count). The van der Waals surface area contributed by atoms with Crippen molar-refractivity contribution in [2.45, 2.75) is 46.9 Å². The van der Waals surface area contributed by atoms with Gasteiger partial charge in [-0.3, -0.25) is 4.90 Å². The molecule has 0 aliphatic heterocycles. The van der Waals surface area contributed by atoms with E-state index in [1.54, 1.807) is 7.11 Å². The predicted octanol–water partition coefficient (Wildman–Crippen LogP) is 2.63. The summed E-state index contributed by atoms with van der Waals surface area (Å²) in [5.41, 5.74) is 1.10. The zero-order chi connectivity index (χ0) is 14.1. The van der Waals surface area contributed by atoms with E-state index in [0.717, 1.165) is 44.8 Å². The SMILES string of the molecule is CCCNCc1sc(CN(CC)CC)nc1COC. The Kier molecular flexibility index (Phi) is 8.21. The van der Waals surface area contributed by atoms with E-state index in [1.807, 2.05) is 11.3 Å². The standard InChI is InChI=1S/C14H27N3OS/c1-5-8-15-9-13-12(11-18-4)16-14(19-13)10-17(6-2)7-3/h15H,5-11H2,1-4H3. The normalized spacial score (nSPS) is 11.4. The van der Waals surface area contributed by atoms with E-state index in [-0.39, 0.29) is 0 Å². The lowest BCUT2D eigenvalue weighted by atomic mass is 10.3. The molecule has 110 valence electrons. The van der Waals surface area contributed by atoms with E-state index in [2.05, 4.69) is 31.0 Å². The molecule has 0 atom stereocenters. The van der Waals surface area contributed by atoms with Crippen molar-refractivity contribution in [1.82, 2.24) is 15.2 Å². The molecular weight excluding hydrogens is 258 g/mol. The van der Waals surface area contributed by atoms with Crippen LogP contribution in [0.25, 0.3) is 0 Å². The molecule has 19 heavy (non-hydrogen) atoms. The molecule has 1 aromatic heterocycles. The summed E-state index contributed by atoms with van der Waals surface area (Å²) in [7, 11) is 1.73. The molecule has 0 saturated heterocycles. The number of rotatable bonds is 10. The first-order valence-corrected chi connectivity index (χ1v) is 7.96. The molecule has 0 bridgehead atoms. The number of methoxy groups -OCH3 is 1. The largest absolute Gasteiger partial charge is 0.378 e. The van der Waals surface area contributed by atoms with Crippen LogP contribution in [0.2, 0.25) is 0 Å². The predicted molar refractivity (Wildman–Crippen MR) is 81.4 cm³/mol. The second kappa shape index (κ2) is 9.42. The van der Waals surface area contributed by atoms with Crippen molar-refractivity contribution in [3.8, 4) is 0 Å². The lowest BCUT2D eigenvalue weighted by Crippen LogP contribution is -2.21. The molecule has 0 unspecified atom stereocenters. The molecule has 0 spiro atoms. The van der Waals surface area contributed by atoms with Gasteiger partial charge in [0.2, 0.25) is 0 Å². The lowest BCUT2D eigenvalue weighted by Gasteiger charge is -2.15. The van der Waals surface area contributed by atoms with Crippen LogP contribution in [0.1, 0.15) is 42.8 Å². The Morgan fingerprint density at radius 3 is 2.58 bits per heavy atom. The summed E-state index contributed by atoms with van der Waals surface area (Å²) in [5.74, 6) is 0. The molecule has 1 N–H and O–H groups in total. The van der Waals surface area contributed by atoms with E-state index in [1.165, 1.54) is 9.88 Å². The Morgan fingerprint density at radius 1 is 1.26 bits per heavy atom. The molecule has 4 nitrogen and oxygen atoms in total. The van der Waals surface area contributed by atoms with Gasteiger partial charge in [-0.1, -0.05) is 20.8 Å². The monoisotopic (exact) mass is 285 g/mol. The summed E-state index contributed by atoms with van der Waals surface area (Å²) >= 11 is 1.81. The minimum atomic E-state index is 0.609. The second-order valence-electron chi connectivity index (χ2n) is 4.55. The minimum absolute atomic E-state index is 0.609. The number of ether oxygens (including phenoxy) is 1. The summed E-state index contributed by atoms with van der Waals surface area (Å²) in [4.78, 5) is 8.43. The number of hydrogen-bond donors (Lipinski definition) is 1. The number of aromatic nitrogens is 1. The van der Waals surface area contributed by atoms with Crippen molar-refractivity contribution < 1.29 is 4.74 Å². The van der Waals surface area contributed by atoms with Crippen LogP contribution in [-0.4, -0.2) is 36.6 Å². The first-order chi connectivity index (χ1) is 9.24. The van der Waals surface area contributed by atoms with Gasteiger partial charge in [0, 0.05) is 18.5 Å². The fourth-order valence-electron chi connectivity index (χ4n) is 1.91. The molecule has 5 heteroatoms. The van der Waals surface area contributed by atoms with E-state index in [9.17, 15) is 0 Å². The third-order valence-corrected chi connectivity index (χ3v) is 4.15. The van der Waals surface area contributed by atoms with Crippen LogP contribution in [0.5, 0.6) is 0 Å². The smallest absolute Gasteiger partial charge is 0.107 e. The fraction of sp³-hybridized carbons (Fsp3) is 0.786. The van der Waals surface area contributed by atoms with Gasteiger partial charge in [-0.25, -0.2) is 4.98 Å². The van der Waals surface area contributed by atoms with E-state index < -0.39 is 0 Å². The maximum Gasteiger partial charge on any atom is 0.107 e. The van der Waals surface area contributed by atoms with Gasteiger partial charge < -0.3 is 10.1 Å². The number of nitrogens with one attached hydrogen (secondary N) is 1. The maximum absolute atomic E-state index is 5.25. The van der Waals surface area contributed by atoms with Gasteiger partial charge >= 0.3 is 0 Å². The molecular formula is C14H27N3OS. The highest BCUT2D eigenvalue weighted by Gasteiger charge is 2.12. The average Bonchev–Trinajstić information content (AvgIpc) is 2.79. The third-order valence-electron chi connectivity index (χ3n) is 3.07. The quantitative estimate of drug-likeness (QED) is 0.671. The van der Waals surface area contributed by atoms with Crippen LogP contribution in [0.15, 0.2) is 0 Å². The van der Waals surface area contributed by atoms with Gasteiger partial charge in [-0.2, -0.15) is 0 Å². The van der Waals surface area contributed by atoms with Crippen molar-refractivity contribution in [3.05, 3.63) is 15.6 Å². The molecule has 1 heterocycles. The molecule has 0 fully saturated rings. The van der Waals surface area contributed by atoms with Gasteiger partial charge in [0.15, 0.2) is 0 Å². The van der Waals surface area contributed by atoms with Gasteiger partial charge in [0.05, 0.1) is 18.8 Å². The summed E-state index contributed by atoms with van der Waals surface area (Å²) in [6.45, 7) is 12.2. The summed E-state index contributed by atoms with van der Waals surface area (Å²) in [6, 6.07) is 0. The average molecular weight is 285 g/mol. The first-order valence-electron chi connectivity index (χ1n) is 7.14. The lowest BCUT2D eigenvalue weighted by molar-refractivity contribution is 0.181. The van der Waals surface area contributed by atoms with E-state index in [4.69, 9.17) is 9.72 Å². The number of hydrogen-bond acceptors (Lipinski definition) is 5. The summed E-state index contributed by atoms with van der Waals surface area (Å²) in [6.07, 6.45) is 1.16. The number of thiazole rings is 1. The Balaban J connectivity index is 2.69. The van der Waals surface area contributed by atoms with Crippen molar-refractivity contribution >= 4 is 11.3 Å². The minimum Gasteiger partial charge on any atom is -0.378 e. The zero-order valence-electron chi connectivity index (χ0n) is 12.7. The van der Waals surface area contributed by atoms with Crippen molar-refractivity contribution in [1.29, 1.82) is 0 Å². The Hall–Kier alpha value is -0.490. The summed E-state index contributed by atoms with van der Waals surface area (Å²) < 4.78 is 5.25. The number of nitrogens with zero attached hydrogens (tertiary/aromatic N) is 2. The highest BCUT2D eigenvalue weighted by Crippen LogP contribution is 2.21.